The third-order valence-electron chi connectivity index (χ3n) is 0.889. The summed E-state index contributed by atoms with van der Waals surface area (Å²) in [6.07, 6.45) is 5.21. The van der Waals surface area contributed by atoms with Crippen molar-refractivity contribution in [3.63, 3.8) is 0 Å². The fourth-order valence-corrected chi connectivity index (χ4v) is 0.594. The van der Waals surface area contributed by atoms with E-state index in [1.54, 1.807) is 0 Å². The van der Waals surface area contributed by atoms with Crippen molar-refractivity contribution in [1.29, 1.82) is 0 Å². The summed E-state index contributed by atoms with van der Waals surface area (Å²) in [5.41, 5.74) is 0. The molecular weight excluding hydrogens is 214 g/mol. The molecule has 0 atom stereocenters. The van der Waals surface area contributed by atoms with Crippen LogP contribution in [0.1, 0.15) is 26.2 Å². The van der Waals surface area contributed by atoms with Gasteiger partial charge in [0.05, 0.1) is 0 Å². The van der Waals surface area contributed by atoms with Gasteiger partial charge in [-0.15, -0.1) is 12.6 Å². The van der Waals surface area contributed by atoms with Gasteiger partial charge in [-0.25, -0.2) is 4.99 Å². The number of rotatable bonds is 3. The van der Waals surface area contributed by atoms with Gasteiger partial charge in [0.15, 0.2) is 4.32 Å². The molecule has 0 aromatic rings. The fraction of sp³-hybridized carbons (Fsp3) is 0.667. The maximum Gasteiger partial charge on any atom is 0.156 e. The molecule has 0 aliphatic carbocycles. The first-order chi connectivity index (χ1) is 4.27. The molecule has 0 aromatic heterocycles. The molecule has 0 aliphatic rings. The molecule has 0 spiro atoms. The summed E-state index contributed by atoms with van der Waals surface area (Å²) in [5.74, 6) is 0. The van der Waals surface area contributed by atoms with Crippen molar-refractivity contribution in [3.05, 3.63) is 0 Å². The Bertz CT molecular complexity index is 114. The van der Waals surface area contributed by atoms with E-state index in [1.165, 1.54) is 12.8 Å². The van der Waals surface area contributed by atoms with Crippen molar-refractivity contribution < 1.29 is 17.1 Å². The van der Waals surface area contributed by atoms with Crippen LogP contribution in [0.15, 0.2) is 4.99 Å². The molecule has 63 valence electrons. The second-order valence-electron chi connectivity index (χ2n) is 1.74. The van der Waals surface area contributed by atoms with Crippen molar-refractivity contribution in [2.45, 2.75) is 26.2 Å². The van der Waals surface area contributed by atoms with E-state index in [2.05, 4.69) is 36.8 Å². The zero-order chi connectivity index (χ0) is 7.11. The van der Waals surface area contributed by atoms with Gasteiger partial charge in [-0.05, 0) is 12.8 Å². The van der Waals surface area contributed by atoms with Crippen molar-refractivity contribution in [1.82, 2.24) is 0 Å². The largest absolute Gasteiger partial charge is 0.243 e. The predicted octanol–water partition coefficient (Wildman–Crippen LogP) is 2.46. The van der Waals surface area contributed by atoms with Crippen molar-refractivity contribution >= 4 is 35.4 Å². The van der Waals surface area contributed by atoms with Gasteiger partial charge in [0.1, 0.15) is 0 Å². The number of thiocarbonyl (C=S) groups is 1. The van der Waals surface area contributed by atoms with Gasteiger partial charge in [0, 0.05) is 23.3 Å². The van der Waals surface area contributed by atoms with Gasteiger partial charge in [-0.3, -0.25) is 0 Å². The van der Waals surface area contributed by atoms with Gasteiger partial charge < -0.3 is 0 Å². The summed E-state index contributed by atoms with van der Waals surface area (Å²) in [6.45, 7) is 2.15. The number of hydrogen-bond donors (Lipinski definition) is 1. The van der Waals surface area contributed by atoms with Gasteiger partial charge in [0.2, 0.25) is 0 Å². The minimum Gasteiger partial charge on any atom is -0.243 e. The van der Waals surface area contributed by atoms with Crippen molar-refractivity contribution in [3.8, 4) is 0 Å². The molecule has 10 heavy (non-hydrogen) atoms. The van der Waals surface area contributed by atoms with Crippen LogP contribution in [0.3, 0.4) is 0 Å². The van der Waals surface area contributed by atoms with Crippen LogP contribution in [0.25, 0.3) is 0 Å². The summed E-state index contributed by atoms with van der Waals surface area (Å²) in [4.78, 5) is 3.83. The Morgan fingerprint density at radius 2 is 2.30 bits per heavy atom. The molecule has 0 aliphatic heterocycles. The first kappa shape index (κ1) is 13.2. The van der Waals surface area contributed by atoms with E-state index in [1.807, 2.05) is 6.21 Å². The Kier molecular flexibility index (Phi) is 12.7. The Hall–Kier alpha value is 0.629. The summed E-state index contributed by atoms with van der Waals surface area (Å²) < 4.78 is 0.422. The molecule has 0 N–H and O–H groups in total. The summed E-state index contributed by atoms with van der Waals surface area (Å²) >= 11 is 8.45. The summed E-state index contributed by atoms with van der Waals surface area (Å²) in [6, 6.07) is 0. The normalized spacial score (nSPS) is 9.40. The molecule has 1 radical (unpaired) electrons. The smallest absolute Gasteiger partial charge is 0.156 e. The first-order valence-corrected chi connectivity index (χ1v) is 3.88. The number of aliphatic imine (C=N–C) groups is 1. The molecule has 1 nitrogen and oxygen atoms in total. The van der Waals surface area contributed by atoms with E-state index in [9.17, 15) is 0 Å². The van der Waals surface area contributed by atoms with Crippen LogP contribution >= 0.6 is 24.8 Å². The van der Waals surface area contributed by atoms with E-state index >= 15 is 0 Å². The fourth-order valence-electron chi connectivity index (χ4n) is 0.438. The SMILES string of the molecule is CCCCC=NC(=S)S.[Cu]. The third-order valence-corrected chi connectivity index (χ3v) is 1.11. The first-order valence-electron chi connectivity index (χ1n) is 3.02. The van der Waals surface area contributed by atoms with E-state index in [-0.39, 0.29) is 17.1 Å². The molecule has 0 unspecified atom stereocenters. The second kappa shape index (κ2) is 9.63. The number of unbranched alkanes of at least 4 members (excludes halogenated alkanes) is 2. The van der Waals surface area contributed by atoms with E-state index in [0.717, 1.165) is 6.42 Å². The third kappa shape index (κ3) is 11.4. The minimum absolute atomic E-state index is 0. The number of hydrogen-bond acceptors (Lipinski definition) is 1. The predicted molar refractivity (Wildman–Crippen MR) is 49.6 cm³/mol. The molecule has 0 saturated carbocycles. The maximum atomic E-state index is 4.61. The Morgan fingerprint density at radius 3 is 2.70 bits per heavy atom. The van der Waals surface area contributed by atoms with Gasteiger partial charge >= 0.3 is 0 Å². The number of nitrogens with zero attached hydrogens (tertiary/aromatic N) is 1. The van der Waals surface area contributed by atoms with Crippen LogP contribution in [0.5, 0.6) is 0 Å². The Morgan fingerprint density at radius 1 is 1.70 bits per heavy atom. The summed E-state index contributed by atoms with van der Waals surface area (Å²) in [5, 5.41) is 0. The number of thiol groups is 1. The Balaban J connectivity index is 0. The van der Waals surface area contributed by atoms with Crippen molar-refractivity contribution in [2.24, 2.45) is 4.99 Å². The molecule has 0 saturated heterocycles. The van der Waals surface area contributed by atoms with E-state index in [0.29, 0.717) is 4.32 Å². The van der Waals surface area contributed by atoms with Crippen LogP contribution in [0, 0.1) is 0 Å². The van der Waals surface area contributed by atoms with Crippen LogP contribution in [0.4, 0.5) is 0 Å². The quantitative estimate of drug-likeness (QED) is 0.256. The molecule has 0 aromatic carbocycles. The molecular formula is C6H11CuNS2. The van der Waals surface area contributed by atoms with Crippen molar-refractivity contribution in [2.75, 3.05) is 0 Å². The second-order valence-corrected chi connectivity index (χ2v) is 2.85. The monoisotopic (exact) mass is 224 g/mol. The topological polar surface area (TPSA) is 12.4 Å². The molecule has 0 fully saturated rings. The Labute approximate surface area is 83.6 Å². The van der Waals surface area contributed by atoms with Gasteiger partial charge in [-0.2, -0.15) is 0 Å². The average molecular weight is 225 g/mol. The van der Waals surface area contributed by atoms with E-state index in [4.69, 9.17) is 0 Å². The minimum atomic E-state index is 0. The molecule has 0 rings (SSSR count). The van der Waals surface area contributed by atoms with Crippen LogP contribution in [-0.2, 0) is 17.1 Å². The van der Waals surface area contributed by atoms with Crippen LogP contribution in [0.2, 0.25) is 0 Å². The van der Waals surface area contributed by atoms with Crippen LogP contribution < -0.4 is 0 Å². The molecule has 4 heteroatoms. The average Bonchev–Trinajstić information content (AvgIpc) is 1.80. The zero-order valence-electron chi connectivity index (χ0n) is 5.80. The van der Waals surface area contributed by atoms with Gasteiger partial charge in [0.25, 0.3) is 0 Å². The standard InChI is InChI=1S/C6H11NS2.Cu/c1-2-3-4-5-7-6(8)9;/h5H,2-4H2,1H3,(H,8,9);. The van der Waals surface area contributed by atoms with Crippen LogP contribution in [-0.4, -0.2) is 10.5 Å². The molecule has 0 heterocycles. The summed E-state index contributed by atoms with van der Waals surface area (Å²) in [7, 11) is 0. The molecule has 0 amide bonds. The van der Waals surface area contributed by atoms with E-state index < -0.39 is 0 Å². The van der Waals surface area contributed by atoms with Gasteiger partial charge in [-0.1, -0.05) is 25.6 Å². The zero-order valence-corrected chi connectivity index (χ0v) is 8.46. The maximum absolute atomic E-state index is 4.61. The molecule has 0 bridgehead atoms.